The van der Waals surface area contributed by atoms with Crippen LogP contribution in [0, 0.1) is 0 Å². The fourth-order valence-corrected chi connectivity index (χ4v) is 3.95. The second kappa shape index (κ2) is 8.89. The molecule has 0 spiro atoms. The highest BCUT2D eigenvalue weighted by molar-refractivity contribution is 5.64. The van der Waals surface area contributed by atoms with E-state index in [0.29, 0.717) is 19.3 Å². The summed E-state index contributed by atoms with van der Waals surface area (Å²) in [6.45, 7) is 4.27. The van der Waals surface area contributed by atoms with Crippen molar-refractivity contribution in [3.05, 3.63) is 60.2 Å². The number of hydrogen-bond donors (Lipinski definition) is 1. The third kappa shape index (κ3) is 4.51. The van der Waals surface area contributed by atoms with Gasteiger partial charge >= 0.3 is 6.18 Å². The number of alkyl halides is 3. The summed E-state index contributed by atoms with van der Waals surface area (Å²) in [7, 11) is 0. The zero-order valence-electron chi connectivity index (χ0n) is 18.3. The molecule has 13 heteroatoms. The molecule has 0 bridgehead atoms. The number of anilines is 2. The minimum atomic E-state index is -4.51. The van der Waals surface area contributed by atoms with Gasteiger partial charge in [-0.15, -0.1) is 0 Å². The van der Waals surface area contributed by atoms with E-state index in [9.17, 15) is 13.2 Å². The van der Waals surface area contributed by atoms with Crippen molar-refractivity contribution < 1.29 is 17.9 Å². The lowest BCUT2D eigenvalue weighted by atomic mass is 10.2. The Morgan fingerprint density at radius 1 is 1.12 bits per heavy atom. The summed E-state index contributed by atoms with van der Waals surface area (Å²) in [6, 6.07) is 1.60. The van der Waals surface area contributed by atoms with Crippen LogP contribution in [0.4, 0.5) is 24.7 Å². The van der Waals surface area contributed by atoms with Crippen LogP contribution in [0.1, 0.15) is 23.9 Å². The largest absolute Gasteiger partial charge is 0.420 e. The quantitative estimate of drug-likeness (QED) is 0.438. The van der Waals surface area contributed by atoms with Crippen LogP contribution in [0.2, 0.25) is 0 Å². The molecule has 0 aromatic carbocycles. The summed E-state index contributed by atoms with van der Waals surface area (Å²) in [4.78, 5) is 11.1. The molecule has 4 aromatic rings. The molecule has 1 N–H and O–H groups in total. The molecular weight excluding hydrogens is 451 g/mol. The topological polar surface area (TPSA) is 98.3 Å². The van der Waals surface area contributed by atoms with Gasteiger partial charge in [-0.25, -0.2) is 9.97 Å². The highest BCUT2D eigenvalue weighted by Crippen LogP contribution is 2.33. The molecule has 0 radical (unpaired) electrons. The standard InChI is InChI=1S/C21H22F3N9O/c1-14(29-18-10-28-27-9-17(18)21(22,23)24)12-34-13-15-8-16-11-32(6-7-33(16)30-15)20-19-25-2-4-31(19)5-3-26-20/h2-5,8-10,14H,6-7,11-13H2,1H3,(H,27,29)/t14-/m0/s1. The molecule has 34 heavy (non-hydrogen) atoms. The van der Waals surface area contributed by atoms with Gasteiger partial charge in [0.1, 0.15) is 5.56 Å². The molecule has 5 heterocycles. The van der Waals surface area contributed by atoms with E-state index in [1.807, 2.05) is 27.5 Å². The van der Waals surface area contributed by atoms with Crippen molar-refractivity contribution in [1.82, 2.24) is 34.3 Å². The Labute approximate surface area is 192 Å². The van der Waals surface area contributed by atoms with Gasteiger partial charge in [0.2, 0.25) is 0 Å². The minimum Gasteiger partial charge on any atom is -0.378 e. The van der Waals surface area contributed by atoms with Gasteiger partial charge < -0.3 is 19.4 Å². The van der Waals surface area contributed by atoms with Crippen molar-refractivity contribution in [2.75, 3.05) is 23.4 Å². The second-order valence-electron chi connectivity index (χ2n) is 8.06. The number of hydrogen-bond acceptors (Lipinski definition) is 8. The summed E-state index contributed by atoms with van der Waals surface area (Å²) in [5.41, 5.74) is 1.61. The normalized spacial score (nSPS) is 14.9. The fourth-order valence-electron chi connectivity index (χ4n) is 3.95. The van der Waals surface area contributed by atoms with Gasteiger partial charge in [0.25, 0.3) is 0 Å². The number of ether oxygens (including phenoxy) is 1. The van der Waals surface area contributed by atoms with Crippen LogP contribution in [0.3, 0.4) is 0 Å². The Morgan fingerprint density at radius 3 is 2.74 bits per heavy atom. The first-order valence-corrected chi connectivity index (χ1v) is 10.7. The van der Waals surface area contributed by atoms with Gasteiger partial charge in [-0.3, -0.25) is 4.68 Å². The maximum Gasteiger partial charge on any atom is 0.420 e. The van der Waals surface area contributed by atoms with Crippen molar-refractivity contribution in [1.29, 1.82) is 0 Å². The smallest absolute Gasteiger partial charge is 0.378 e. The number of halogens is 3. The van der Waals surface area contributed by atoms with E-state index in [0.717, 1.165) is 35.6 Å². The molecule has 0 aliphatic carbocycles. The number of nitrogens with one attached hydrogen (secondary N) is 1. The Kier molecular flexibility index (Phi) is 5.77. The van der Waals surface area contributed by atoms with Gasteiger partial charge in [-0.1, -0.05) is 0 Å². The Hall–Kier alpha value is -3.74. The van der Waals surface area contributed by atoms with Crippen LogP contribution < -0.4 is 10.2 Å². The number of nitrogens with zero attached hydrogens (tertiary/aromatic N) is 8. The molecule has 178 valence electrons. The molecule has 0 amide bonds. The average Bonchev–Trinajstić information content (AvgIpc) is 3.44. The molecule has 5 rings (SSSR count). The van der Waals surface area contributed by atoms with Crippen molar-refractivity contribution >= 4 is 17.2 Å². The number of fused-ring (bicyclic) bond motifs is 2. The Morgan fingerprint density at radius 2 is 1.91 bits per heavy atom. The molecule has 0 fully saturated rings. The fraction of sp³-hybridized carbons (Fsp3) is 0.381. The maximum atomic E-state index is 13.1. The molecule has 1 aliphatic heterocycles. The summed E-state index contributed by atoms with van der Waals surface area (Å²) in [6.07, 6.45) is 4.50. The van der Waals surface area contributed by atoms with Crippen LogP contribution in [0.25, 0.3) is 5.65 Å². The first-order valence-electron chi connectivity index (χ1n) is 10.7. The van der Waals surface area contributed by atoms with Crippen molar-refractivity contribution in [3.8, 4) is 0 Å². The highest BCUT2D eigenvalue weighted by Gasteiger charge is 2.34. The van der Waals surface area contributed by atoms with Crippen molar-refractivity contribution in [2.24, 2.45) is 0 Å². The van der Waals surface area contributed by atoms with Crippen LogP contribution in [0.15, 0.2) is 43.2 Å². The first-order chi connectivity index (χ1) is 16.4. The van der Waals surface area contributed by atoms with E-state index < -0.39 is 11.7 Å². The van der Waals surface area contributed by atoms with Gasteiger partial charge in [0.05, 0.1) is 55.8 Å². The van der Waals surface area contributed by atoms with Gasteiger partial charge in [0.15, 0.2) is 11.5 Å². The van der Waals surface area contributed by atoms with Crippen LogP contribution >= 0.6 is 0 Å². The van der Waals surface area contributed by atoms with E-state index in [4.69, 9.17) is 4.74 Å². The van der Waals surface area contributed by atoms with Crippen molar-refractivity contribution in [2.45, 2.75) is 38.8 Å². The van der Waals surface area contributed by atoms with Crippen molar-refractivity contribution in [3.63, 3.8) is 0 Å². The monoisotopic (exact) mass is 473 g/mol. The molecule has 1 aliphatic rings. The second-order valence-corrected chi connectivity index (χ2v) is 8.06. The zero-order chi connectivity index (χ0) is 23.7. The summed E-state index contributed by atoms with van der Waals surface area (Å²) < 4.78 is 49.0. The molecular formula is C21H22F3N9O. The summed E-state index contributed by atoms with van der Waals surface area (Å²) >= 11 is 0. The zero-order valence-corrected chi connectivity index (χ0v) is 18.3. The lowest BCUT2D eigenvalue weighted by molar-refractivity contribution is -0.137. The Bertz CT molecular complexity index is 1290. The van der Waals surface area contributed by atoms with Crippen LogP contribution in [-0.4, -0.2) is 53.5 Å². The van der Waals surface area contributed by atoms with Crippen LogP contribution in [0.5, 0.6) is 0 Å². The predicted molar refractivity (Wildman–Crippen MR) is 116 cm³/mol. The van der Waals surface area contributed by atoms with E-state index in [1.54, 1.807) is 19.3 Å². The predicted octanol–water partition coefficient (Wildman–Crippen LogP) is 2.77. The van der Waals surface area contributed by atoms with Gasteiger partial charge in [-0.2, -0.15) is 28.5 Å². The minimum absolute atomic E-state index is 0.128. The third-order valence-corrected chi connectivity index (χ3v) is 5.50. The SMILES string of the molecule is C[C@@H](COCc1cc2n(n1)CCN(c1nccn3ccnc13)C2)Nc1cnncc1C(F)(F)F. The summed E-state index contributed by atoms with van der Waals surface area (Å²) in [5, 5.41) is 14.3. The Balaban J connectivity index is 1.18. The van der Waals surface area contributed by atoms with E-state index in [2.05, 4.69) is 35.5 Å². The van der Waals surface area contributed by atoms with E-state index >= 15 is 0 Å². The lowest BCUT2D eigenvalue weighted by Crippen LogP contribution is -2.34. The number of aromatic nitrogens is 7. The maximum absolute atomic E-state index is 13.1. The molecule has 10 nitrogen and oxygen atoms in total. The third-order valence-electron chi connectivity index (χ3n) is 5.50. The molecule has 1 atom stereocenters. The van der Waals surface area contributed by atoms with Gasteiger partial charge in [-0.05, 0) is 13.0 Å². The lowest BCUT2D eigenvalue weighted by Gasteiger charge is -2.28. The molecule has 4 aromatic heterocycles. The van der Waals surface area contributed by atoms with E-state index in [1.165, 1.54) is 0 Å². The summed E-state index contributed by atoms with van der Waals surface area (Å²) in [5.74, 6) is 0.821. The average molecular weight is 473 g/mol. The van der Waals surface area contributed by atoms with E-state index in [-0.39, 0.29) is 24.9 Å². The number of imidazole rings is 1. The molecule has 0 saturated heterocycles. The number of rotatable bonds is 7. The highest BCUT2D eigenvalue weighted by atomic mass is 19.4. The molecule has 0 saturated carbocycles. The van der Waals surface area contributed by atoms with Gasteiger partial charge in [0, 0.05) is 37.4 Å². The van der Waals surface area contributed by atoms with Crippen LogP contribution in [-0.2, 0) is 30.6 Å². The molecule has 0 unspecified atom stereocenters. The first kappa shape index (κ1) is 22.1.